The largest absolute Gasteiger partial charge is 0.397 e. The van der Waals surface area contributed by atoms with Crippen molar-refractivity contribution in [1.29, 1.82) is 0 Å². The monoisotopic (exact) mass is 334 g/mol. The minimum absolute atomic E-state index is 0.204. The number of benzene rings is 1. The second-order valence-corrected chi connectivity index (χ2v) is 8.39. The molecule has 0 spiro atoms. The molecule has 1 aromatic rings. The van der Waals surface area contributed by atoms with Crippen LogP contribution in [0.1, 0.15) is 49.7 Å². The number of allylic oxidation sites excluding steroid dienone is 2. The predicted octanol–water partition coefficient (Wildman–Crippen LogP) is 3.65. The highest BCUT2D eigenvalue weighted by Gasteiger charge is 2.54. The van der Waals surface area contributed by atoms with Gasteiger partial charge in [0, 0.05) is 11.3 Å². The van der Waals surface area contributed by atoms with Crippen LogP contribution in [0.3, 0.4) is 0 Å². The lowest BCUT2D eigenvalue weighted by molar-refractivity contribution is 0.0411. The number of hydrogen-bond donors (Lipinski definition) is 1. The lowest BCUT2D eigenvalue weighted by Gasteiger charge is -2.46. The number of rotatable bonds is 2. The Morgan fingerprint density at radius 1 is 1.22 bits per heavy atom. The van der Waals surface area contributed by atoms with Crippen molar-refractivity contribution in [2.45, 2.75) is 51.0 Å². The first-order valence-corrected chi connectivity index (χ1v) is 9.68. The van der Waals surface area contributed by atoms with Crippen LogP contribution >= 0.6 is 0 Å². The Balaban J connectivity index is 1.67. The molecule has 2 unspecified atom stereocenters. The molecule has 3 aliphatic rings. The highest BCUT2D eigenvalue weighted by Crippen LogP contribution is 2.60. The van der Waals surface area contributed by atoms with Crippen molar-refractivity contribution in [2.24, 2.45) is 11.3 Å². The Hall–Kier alpha value is -1.17. The summed E-state index contributed by atoms with van der Waals surface area (Å²) in [5.41, 5.74) is 4.10. The van der Waals surface area contributed by atoms with Crippen LogP contribution in [-0.4, -0.2) is 19.1 Å². The Morgan fingerprint density at radius 3 is 2.78 bits per heavy atom. The van der Waals surface area contributed by atoms with Gasteiger partial charge in [-0.15, -0.1) is 0 Å². The second-order valence-electron chi connectivity index (χ2n) is 7.35. The zero-order valence-electron chi connectivity index (χ0n) is 13.2. The van der Waals surface area contributed by atoms with Crippen LogP contribution in [0.15, 0.2) is 35.9 Å². The predicted molar refractivity (Wildman–Crippen MR) is 87.5 cm³/mol. The van der Waals surface area contributed by atoms with Crippen LogP contribution in [0.2, 0.25) is 0 Å². The molecular weight excluding hydrogens is 312 g/mol. The molecule has 124 valence electrons. The van der Waals surface area contributed by atoms with E-state index in [1.165, 1.54) is 16.7 Å². The Kier molecular flexibility index (Phi) is 3.45. The van der Waals surface area contributed by atoms with Gasteiger partial charge in [0.1, 0.15) is 0 Å². The van der Waals surface area contributed by atoms with Crippen LogP contribution in [0.25, 0.3) is 0 Å². The third-order valence-corrected chi connectivity index (χ3v) is 6.73. The van der Waals surface area contributed by atoms with Gasteiger partial charge in [-0.1, -0.05) is 42.8 Å². The smallest absolute Gasteiger partial charge is 0.264 e. The van der Waals surface area contributed by atoms with Crippen molar-refractivity contribution < 1.29 is 17.2 Å². The zero-order valence-corrected chi connectivity index (χ0v) is 14.1. The lowest BCUT2D eigenvalue weighted by Crippen LogP contribution is -2.41. The maximum Gasteiger partial charge on any atom is 0.397 e. The molecule has 1 N–H and O–H groups in total. The quantitative estimate of drug-likeness (QED) is 0.662. The fourth-order valence-electron chi connectivity index (χ4n) is 5.16. The third-order valence-electron chi connectivity index (χ3n) is 6.25. The maximum absolute atomic E-state index is 11.2. The Labute approximate surface area is 137 Å². The average molecular weight is 334 g/mol. The van der Waals surface area contributed by atoms with E-state index in [9.17, 15) is 8.42 Å². The zero-order chi connectivity index (χ0) is 16.2. The van der Waals surface area contributed by atoms with Crippen LogP contribution in [-0.2, 0) is 21.0 Å². The summed E-state index contributed by atoms with van der Waals surface area (Å²) in [6, 6.07) is 8.64. The molecular formula is C18H22O4S. The van der Waals surface area contributed by atoms with Crippen LogP contribution in [0, 0.1) is 11.3 Å². The number of fused-ring (bicyclic) bond motifs is 5. The highest BCUT2D eigenvalue weighted by atomic mass is 32.3. The summed E-state index contributed by atoms with van der Waals surface area (Å²) in [5, 5.41) is 0. The van der Waals surface area contributed by atoms with Crippen LogP contribution < -0.4 is 0 Å². The maximum atomic E-state index is 11.2. The standard InChI is InChI=1S/C18H22O4S/c1-18-11-10-14-13-5-3-2-4-12(13)6-7-15(14)16(18)8-9-17(18)22-23(19,20)21/h2-5,7,14,16-17H,6,8-11H2,1H3,(H,19,20,21)/t14?,16?,17-,18-/m0/s1. The summed E-state index contributed by atoms with van der Waals surface area (Å²) in [5.74, 6) is 0.809. The Morgan fingerprint density at radius 2 is 2.00 bits per heavy atom. The molecule has 5 heteroatoms. The van der Waals surface area contributed by atoms with E-state index in [0.717, 1.165) is 25.7 Å². The van der Waals surface area contributed by atoms with Crippen molar-refractivity contribution in [1.82, 2.24) is 0 Å². The normalized spacial score (nSPS) is 35.9. The Bertz CT molecular complexity index is 767. The minimum atomic E-state index is -4.39. The van der Waals surface area contributed by atoms with Crippen molar-refractivity contribution in [3.8, 4) is 0 Å². The van der Waals surface area contributed by atoms with Gasteiger partial charge in [0.25, 0.3) is 0 Å². The summed E-state index contributed by atoms with van der Waals surface area (Å²) >= 11 is 0. The van der Waals surface area contributed by atoms with E-state index in [1.54, 1.807) is 0 Å². The van der Waals surface area contributed by atoms with E-state index < -0.39 is 16.5 Å². The van der Waals surface area contributed by atoms with Gasteiger partial charge < -0.3 is 0 Å². The van der Waals surface area contributed by atoms with Gasteiger partial charge in [0.2, 0.25) is 0 Å². The molecule has 4 rings (SSSR count). The molecule has 0 amide bonds. The first-order valence-electron chi connectivity index (χ1n) is 8.32. The summed E-state index contributed by atoms with van der Waals surface area (Å²) in [6.07, 6.45) is 6.45. The van der Waals surface area contributed by atoms with Gasteiger partial charge in [-0.25, -0.2) is 4.18 Å². The van der Waals surface area contributed by atoms with E-state index in [1.807, 2.05) is 0 Å². The molecule has 4 atom stereocenters. The fraction of sp³-hybridized carbons (Fsp3) is 0.556. The molecule has 0 saturated heterocycles. The summed E-state index contributed by atoms with van der Waals surface area (Å²) in [6.45, 7) is 2.12. The molecule has 3 aliphatic carbocycles. The molecule has 2 fully saturated rings. The number of hydrogen-bond acceptors (Lipinski definition) is 3. The summed E-state index contributed by atoms with van der Waals surface area (Å²) in [7, 11) is -4.39. The highest BCUT2D eigenvalue weighted by molar-refractivity contribution is 7.80. The first kappa shape index (κ1) is 15.4. The topological polar surface area (TPSA) is 63.6 Å². The van der Waals surface area contributed by atoms with Crippen molar-refractivity contribution in [3.05, 3.63) is 47.0 Å². The van der Waals surface area contributed by atoms with Crippen LogP contribution in [0.4, 0.5) is 0 Å². The van der Waals surface area contributed by atoms with Gasteiger partial charge in [-0.2, -0.15) is 8.42 Å². The molecule has 0 heterocycles. The molecule has 1 aromatic carbocycles. The van der Waals surface area contributed by atoms with Crippen LogP contribution in [0.5, 0.6) is 0 Å². The van der Waals surface area contributed by atoms with E-state index in [-0.39, 0.29) is 5.41 Å². The SMILES string of the molecule is C[C@]12CCC3C(=CCc4ccccc43)C1CC[C@@H]2OS(=O)(=O)O. The second kappa shape index (κ2) is 5.16. The minimum Gasteiger partial charge on any atom is -0.264 e. The summed E-state index contributed by atoms with van der Waals surface area (Å²) in [4.78, 5) is 0. The molecule has 23 heavy (non-hydrogen) atoms. The average Bonchev–Trinajstić information content (AvgIpc) is 2.82. The van der Waals surface area contributed by atoms with Crippen molar-refractivity contribution in [3.63, 3.8) is 0 Å². The molecule has 0 aromatic heterocycles. The third kappa shape index (κ3) is 2.46. The van der Waals surface area contributed by atoms with Crippen molar-refractivity contribution in [2.75, 3.05) is 0 Å². The molecule has 4 nitrogen and oxygen atoms in total. The van der Waals surface area contributed by atoms with E-state index in [2.05, 4.69) is 37.3 Å². The molecule has 2 saturated carbocycles. The van der Waals surface area contributed by atoms with E-state index in [4.69, 9.17) is 8.74 Å². The molecule has 0 aliphatic heterocycles. The van der Waals surface area contributed by atoms with E-state index in [0.29, 0.717) is 18.3 Å². The molecule has 0 bridgehead atoms. The van der Waals surface area contributed by atoms with Gasteiger partial charge in [-0.3, -0.25) is 4.55 Å². The fourth-order valence-corrected chi connectivity index (χ4v) is 5.77. The van der Waals surface area contributed by atoms with Gasteiger partial charge >= 0.3 is 10.4 Å². The van der Waals surface area contributed by atoms with E-state index >= 15 is 0 Å². The van der Waals surface area contributed by atoms with Gasteiger partial charge in [0.15, 0.2) is 0 Å². The van der Waals surface area contributed by atoms with Gasteiger partial charge in [-0.05, 0) is 49.1 Å². The van der Waals surface area contributed by atoms with Crippen molar-refractivity contribution >= 4 is 10.4 Å². The van der Waals surface area contributed by atoms with Gasteiger partial charge in [0.05, 0.1) is 6.10 Å². The summed E-state index contributed by atoms with van der Waals surface area (Å²) < 4.78 is 36.4. The first-order chi connectivity index (χ1) is 10.9. The molecule has 0 radical (unpaired) electrons. The lowest BCUT2D eigenvalue weighted by atomic mass is 9.59.